The van der Waals surface area contributed by atoms with Gasteiger partial charge >= 0.3 is 0 Å². The maximum absolute atomic E-state index is 10.3. The minimum atomic E-state index is -0.573. The summed E-state index contributed by atoms with van der Waals surface area (Å²) < 4.78 is 1.18. The highest BCUT2D eigenvalue weighted by Gasteiger charge is 2.12. The molecule has 0 aliphatic heterocycles. The Morgan fingerprint density at radius 3 is 2.83 bits per heavy atom. The Labute approximate surface area is 122 Å². The first-order valence-corrected chi connectivity index (χ1v) is 7.46. The van der Waals surface area contributed by atoms with Gasteiger partial charge in [-0.3, -0.25) is 4.98 Å². The zero-order chi connectivity index (χ0) is 12.5. The van der Waals surface area contributed by atoms with Crippen molar-refractivity contribution in [3.8, 4) is 0 Å². The van der Waals surface area contributed by atoms with E-state index in [4.69, 9.17) is 0 Å². The third-order valence-electron chi connectivity index (χ3n) is 2.85. The molecule has 18 heavy (non-hydrogen) atoms. The molecule has 2 heterocycles. The van der Waals surface area contributed by atoms with Gasteiger partial charge in [0.1, 0.15) is 6.10 Å². The first-order chi connectivity index (χ1) is 8.74. The molecule has 1 aromatic carbocycles. The van der Waals surface area contributed by atoms with Crippen LogP contribution in [0.2, 0.25) is 0 Å². The average molecular weight is 367 g/mol. The van der Waals surface area contributed by atoms with Gasteiger partial charge in [0.05, 0.1) is 8.40 Å². The van der Waals surface area contributed by atoms with Crippen molar-refractivity contribution in [2.24, 2.45) is 0 Å². The van der Waals surface area contributed by atoms with E-state index in [1.807, 2.05) is 41.8 Å². The third-order valence-corrected chi connectivity index (χ3v) is 4.66. The fourth-order valence-corrected chi connectivity index (χ4v) is 3.30. The standard InChI is InChI=1S/C14H10INOS/c15-13-7-11(8-18-13)14(17)10-4-3-9-2-1-5-16-12(9)6-10/h1-8,14,17H. The highest BCUT2D eigenvalue weighted by Crippen LogP contribution is 2.28. The largest absolute Gasteiger partial charge is 0.384 e. The van der Waals surface area contributed by atoms with Crippen LogP contribution < -0.4 is 0 Å². The molecule has 3 aromatic rings. The zero-order valence-corrected chi connectivity index (χ0v) is 12.4. The molecule has 0 amide bonds. The smallest absolute Gasteiger partial charge is 0.105 e. The first-order valence-electron chi connectivity index (χ1n) is 5.51. The molecular formula is C14H10INOS. The molecule has 3 rings (SSSR count). The van der Waals surface area contributed by atoms with Crippen LogP contribution in [0, 0.1) is 2.88 Å². The lowest BCUT2D eigenvalue weighted by Gasteiger charge is -2.09. The van der Waals surface area contributed by atoms with Gasteiger partial charge < -0.3 is 5.11 Å². The molecule has 0 bridgehead atoms. The Morgan fingerprint density at radius 2 is 2.06 bits per heavy atom. The van der Waals surface area contributed by atoms with Crippen molar-refractivity contribution in [2.45, 2.75) is 6.10 Å². The lowest BCUT2D eigenvalue weighted by Crippen LogP contribution is -1.98. The summed E-state index contributed by atoms with van der Waals surface area (Å²) in [7, 11) is 0. The van der Waals surface area contributed by atoms with Gasteiger partial charge in [0.25, 0.3) is 0 Å². The lowest BCUT2D eigenvalue weighted by atomic mass is 10.0. The number of aromatic nitrogens is 1. The minimum absolute atomic E-state index is 0.573. The van der Waals surface area contributed by atoms with Crippen LogP contribution in [0.25, 0.3) is 10.9 Å². The van der Waals surface area contributed by atoms with E-state index >= 15 is 0 Å². The van der Waals surface area contributed by atoms with E-state index in [0.29, 0.717) is 0 Å². The second kappa shape index (κ2) is 4.95. The molecule has 90 valence electrons. The van der Waals surface area contributed by atoms with Crippen molar-refractivity contribution in [1.29, 1.82) is 0 Å². The molecule has 0 radical (unpaired) electrons. The summed E-state index contributed by atoms with van der Waals surface area (Å²) in [6.07, 6.45) is 1.20. The quantitative estimate of drug-likeness (QED) is 0.695. The summed E-state index contributed by atoms with van der Waals surface area (Å²) in [6.45, 7) is 0. The van der Waals surface area contributed by atoms with Gasteiger partial charge in [-0.25, -0.2) is 0 Å². The monoisotopic (exact) mass is 367 g/mol. The van der Waals surface area contributed by atoms with Gasteiger partial charge in [-0.1, -0.05) is 18.2 Å². The highest BCUT2D eigenvalue weighted by molar-refractivity contribution is 14.1. The summed E-state index contributed by atoms with van der Waals surface area (Å²) in [5, 5.41) is 13.4. The predicted molar refractivity (Wildman–Crippen MR) is 82.8 cm³/mol. The lowest BCUT2D eigenvalue weighted by molar-refractivity contribution is 0.221. The van der Waals surface area contributed by atoms with Gasteiger partial charge in [0.2, 0.25) is 0 Å². The van der Waals surface area contributed by atoms with Crippen molar-refractivity contribution < 1.29 is 5.11 Å². The molecule has 0 aliphatic carbocycles. The Hall–Kier alpha value is -0.980. The number of nitrogens with zero attached hydrogens (tertiary/aromatic N) is 1. The zero-order valence-electron chi connectivity index (χ0n) is 9.38. The SMILES string of the molecule is OC(c1csc(I)c1)c1ccc2cccnc2c1. The van der Waals surface area contributed by atoms with Crippen molar-refractivity contribution in [1.82, 2.24) is 4.98 Å². The minimum Gasteiger partial charge on any atom is -0.384 e. The molecule has 1 unspecified atom stereocenters. The Balaban J connectivity index is 2.03. The number of benzene rings is 1. The van der Waals surface area contributed by atoms with Gasteiger partial charge in [-0.2, -0.15) is 0 Å². The molecule has 0 aliphatic rings. The summed E-state index contributed by atoms with van der Waals surface area (Å²) >= 11 is 3.90. The third kappa shape index (κ3) is 2.28. The number of aliphatic hydroxyl groups is 1. The van der Waals surface area contributed by atoms with Gasteiger partial charge in [0, 0.05) is 11.6 Å². The van der Waals surface area contributed by atoms with Crippen molar-refractivity contribution >= 4 is 44.8 Å². The summed E-state index contributed by atoms with van der Waals surface area (Å²) in [6, 6.07) is 11.9. The predicted octanol–water partition coefficient (Wildman–Crippen LogP) is 3.98. The highest BCUT2D eigenvalue weighted by atomic mass is 127. The number of hydrogen-bond acceptors (Lipinski definition) is 3. The maximum Gasteiger partial charge on any atom is 0.105 e. The average Bonchev–Trinajstić information content (AvgIpc) is 2.84. The molecule has 1 atom stereocenters. The van der Waals surface area contributed by atoms with Crippen LogP contribution in [0.15, 0.2) is 48.0 Å². The Kier molecular flexibility index (Phi) is 3.32. The van der Waals surface area contributed by atoms with E-state index in [1.54, 1.807) is 17.5 Å². The fourth-order valence-electron chi connectivity index (χ4n) is 1.91. The van der Waals surface area contributed by atoms with Gasteiger partial charge in [0.15, 0.2) is 0 Å². The van der Waals surface area contributed by atoms with Crippen LogP contribution >= 0.6 is 33.9 Å². The Morgan fingerprint density at radius 1 is 1.17 bits per heavy atom. The summed E-state index contributed by atoms with van der Waals surface area (Å²) in [5.74, 6) is 0. The molecule has 2 aromatic heterocycles. The molecule has 0 fully saturated rings. The van der Waals surface area contributed by atoms with Crippen molar-refractivity contribution in [3.05, 3.63) is 62.0 Å². The molecule has 1 N–H and O–H groups in total. The van der Waals surface area contributed by atoms with E-state index in [1.165, 1.54) is 2.88 Å². The van der Waals surface area contributed by atoms with E-state index in [9.17, 15) is 5.11 Å². The maximum atomic E-state index is 10.3. The van der Waals surface area contributed by atoms with Crippen LogP contribution in [0.1, 0.15) is 17.2 Å². The number of thiophene rings is 1. The van der Waals surface area contributed by atoms with Gasteiger partial charge in [-0.05, 0) is 57.3 Å². The van der Waals surface area contributed by atoms with E-state index < -0.39 is 6.10 Å². The second-order valence-corrected chi connectivity index (χ2v) is 6.85. The van der Waals surface area contributed by atoms with E-state index in [2.05, 4.69) is 27.6 Å². The number of halogens is 1. The second-order valence-electron chi connectivity index (χ2n) is 4.04. The normalized spacial score (nSPS) is 12.8. The Bertz CT molecular complexity index is 695. The van der Waals surface area contributed by atoms with Gasteiger partial charge in [-0.15, -0.1) is 11.3 Å². The molecule has 0 saturated heterocycles. The van der Waals surface area contributed by atoms with Crippen LogP contribution in [0.3, 0.4) is 0 Å². The molecule has 0 saturated carbocycles. The number of rotatable bonds is 2. The molecule has 4 heteroatoms. The fraction of sp³-hybridized carbons (Fsp3) is 0.0714. The van der Waals surface area contributed by atoms with Crippen LogP contribution in [0.5, 0.6) is 0 Å². The molecule has 2 nitrogen and oxygen atoms in total. The van der Waals surface area contributed by atoms with E-state index in [0.717, 1.165) is 22.0 Å². The molecule has 0 spiro atoms. The number of aliphatic hydroxyl groups excluding tert-OH is 1. The van der Waals surface area contributed by atoms with Crippen molar-refractivity contribution in [3.63, 3.8) is 0 Å². The summed E-state index contributed by atoms with van der Waals surface area (Å²) in [4.78, 5) is 4.31. The van der Waals surface area contributed by atoms with Crippen LogP contribution in [-0.4, -0.2) is 10.1 Å². The van der Waals surface area contributed by atoms with Crippen molar-refractivity contribution in [2.75, 3.05) is 0 Å². The number of fused-ring (bicyclic) bond motifs is 1. The number of pyridine rings is 1. The first kappa shape index (κ1) is 12.1. The van der Waals surface area contributed by atoms with Crippen LogP contribution in [-0.2, 0) is 0 Å². The number of hydrogen-bond donors (Lipinski definition) is 1. The summed E-state index contributed by atoms with van der Waals surface area (Å²) in [5.41, 5.74) is 2.74. The molecular weight excluding hydrogens is 357 g/mol. The topological polar surface area (TPSA) is 33.1 Å². The van der Waals surface area contributed by atoms with E-state index in [-0.39, 0.29) is 0 Å². The van der Waals surface area contributed by atoms with Crippen LogP contribution in [0.4, 0.5) is 0 Å².